The van der Waals surface area contributed by atoms with Gasteiger partial charge in [0.05, 0.1) is 12.5 Å². The normalized spacial score (nSPS) is 20.2. The average molecular weight is 143 g/mol. The van der Waals surface area contributed by atoms with Crippen molar-refractivity contribution in [1.82, 2.24) is 5.32 Å². The zero-order valence-corrected chi connectivity index (χ0v) is 6.13. The monoisotopic (exact) mass is 143 g/mol. The first kappa shape index (κ1) is 7.54. The van der Waals surface area contributed by atoms with Crippen molar-refractivity contribution in [1.29, 1.82) is 0 Å². The summed E-state index contributed by atoms with van der Waals surface area (Å²) in [7, 11) is 0. The van der Waals surface area contributed by atoms with Crippen molar-refractivity contribution >= 4 is 5.91 Å². The van der Waals surface area contributed by atoms with Gasteiger partial charge in [-0.25, -0.2) is 0 Å². The topological polar surface area (TPSA) is 49.3 Å². The SMILES string of the molecule is CC(O)CC(=O)NC1CC1. The summed E-state index contributed by atoms with van der Waals surface area (Å²) < 4.78 is 0. The van der Waals surface area contributed by atoms with Gasteiger partial charge in [-0.3, -0.25) is 4.79 Å². The Kier molecular flexibility index (Phi) is 2.27. The highest BCUT2D eigenvalue weighted by atomic mass is 16.3. The number of carbonyl (C=O) groups is 1. The number of nitrogens with one attached hydrogen (secondary N) is 1. The Morgan fingerprint density at radius 1 is 1.80 bits per heavy atom. The van der Waals surface area contributed by atoms with E-state index in [1.54, 1.807) is 6.92 Å². The predicted octanol–water partition coefficient (Wildman–Crippen LogP) is 0.0359. The summed E-state index contributed by atoms with van der Waals surface area (Å²) in [6.45, 7) is 1.62. The van der Waals surface area contributed by atoms with Crippen LogP contribution >= 0.6 is 0 Å². The number of carbonyl (C=O) groups excluding carboxylic acids is 1. The lowest BCUT2D eigenvalue weighted by Gasteiger charge is -2.03. The summed E-state index contributed by atoms with van der Waals surface area (Å²) in [5.41, 5.74) is 0. The standard InChI is InChI=1S/C7H13NO2/c1-5(9)4-7(10)8-6-2-3-6/h5-6,9H,2-4H2,1H3,(H,8,10). The van der Waals surface area contributed by atoms with E-state index in [1.165, 1.54) is 0 Å². The molecule has 1 atom stereocenters. The number of aliphatic hydroxyl groups is 1. The Bertz CT molecular complexity index is 124. The van der Waals surface area contributed by atoms with Crippen LogP contribution in [0, 0.1) is 0 Å². The van der Waals surface area contributed by atoms with Gasteiger partial charge in [0.25, 0.3) is 0 Å². The van der Waals surface area contributed by atoms with E-state index in [-0.39, 0.29) is 12.3 Å². The van der Waals surface area contributed by atoms with E-state index in [0.29, 0.717) is 6.04 Å². The quantitative estimate of drug-likeness (QED) is 0.586. The molecule has 0 heterocycles. The third-order valence-corrected chi connectivity index (χ3v) is 1.42. The molecule has 0 aromatic rings. The van der Waals surface area contributed by atoms with Gasteiger partial charge in [0.15, 0.2) is 0 Å². The van der Waals surface area contributed by atoms with Crippen LogP contribution in [0.4, 0.5) is 0 Å². The fraction of sp³-hybridized carbons (Fsp3) is 0.857. The largest absolute Gasteiger partial charge is 0.393 e. The third-order valence-electron chi connectivity index (χ3n) is 1.42. The summed E-state index contributed by atoms with van der Waals surface area (Å²) in [5.74, 6) is -0.0301. The molecular formula is C7H13NO2. The number of hydrogen-bond donors (Lipinski definition) is 2. The van der Waals surface area contributed by atoms with Crippen LogP contribution in [0.3, 0.4) is 0 Å². The van der Waals surface area contributed by atoms with E-state index < -0.39 is 6.10 Å². The Balaban J connectivity index is 2.08. The van der Waals surface area contributed by atoms with Crippen molar-refractivity contribution < 1.29 is 9.90 Å². The van der Waals surface area contributed by atoms with Gasteiger partial charge in [-0.15, -0.1) is 0 Å². The average Bonchev–Trinajstić information content (AvgIpc) is 2.46. The smallest absolute Gasteiger partial charge is 0.222 e. The molecule has 3 nitrogen and oxygen atoms in total. The molecule has 1 fully saturated rings. The summed E-state index contributed by atoms with van der Waals surface area (Å²) in [4.78, 5) is 10.8. The van der Waals surface area contributed by atoms with Crippen molar-refractivity contribution in [3.8, 4) is 0 Å². The maximum atomic E-state index is 10.8. The molecule has 0 aliphatic heterocycles. The molecule has 0 radical (unpaired) electrons. The highest BCUT2D eigenvalue weighted by Gasteiger charge is 2.23. The lowest BCUT2D eigenvalue weighted by Crippen LogP contribution is -2.28. The second-order valence-corrected chi connectivity index (χ2v) is 2.89. The fourth-order valence-corrected chi connectivity index (χ4v) is 0.783. The summed E-state index contributed by atoms with van der Waals surface area (Å²) >= 11 is 0. The first-order chi connectivity index (χ1) is 4.68. The molecular weight excluding hydrogens is 130 g/mol. The van der Waals surface area contributed by atoms with Gasteiger partial charge in [-0.1, -0.05) is 0 Å². The van der Waals surface area contributed by atoms with Crippen LogP contribution in [0.5, 0.6) is 0 Å². The van der Waals surface area contributed by atoms with E-state index >= 15 is 0 Å². The van der Waals surface area contributed by atoms with Gasteiger partial charge in [0, 0.05) is 6.04 Å². The van der Waals surface area contributed by atoms with Gasteiger partial charge in [0.1, 0.15) is 0 Å². The molecule has 3 heteroatoms. The Labute approximate surface area is 60.4 Å². The molecule has 2 N–H and O–H groups in total. The molecule has 10 heavy (non-hydrogen) atoms. The predicted molar refractivity (Wildman–Crippen MR) is 37.5 cm³/mol. The van der Waals surface area contributed by atoms with Crippen LogP contribution in [-0.2, 0) is 4.79 Å². The van der Waals surface area contributed by atoms with Crippen LogP contribution in [0.25, 0.3) is 0 Å². The van der Waals surface area contributed by atoms with E-state index in [1.807, 2.05) is 0 Å². The van der Waals surface area contributed by atoms with Gasteiger partial charge >= 0.3 is 0 Å². The van der Waals surface area contributed by atoms with Crippen molar-refractivity contribution in [2.24, 2.45) is 0 Å². The minimum atomic E-state index is -0.515. The Morgan fingerprint density at radius 2 is 2.40 bits per heavy atom. The van der Waals surface area contributed by atoms with Crippen LogP contribution in [-0.4, -0.2) is 23.2 Å². The van der Waals surface area contributed by atoms with Crippen molar-refractivity contribution in [3.05, 3.63) is 0 Å². The minimum Gasteiger partial charge on any atom is -0.393 e. The zero-order chi connectivity index (χ0) is 7.56. The third kappa shape index (κ3) is 2.82. The van der Waals surface area contributed by atoms with Crippen LogP contribution < -0.4 is 5.32 Å². The molecule has 1 amide bonds. The van der Waals surface area contributed by atoms with Crippen molar-refractivity contribution in [2.45, 2.75) is 38.3 Å². The molecule has 0 saturated heterocycles. The van der Waals surface area contributed by atoms with Crippen LogP contribution in [0.2, 0.25) is 0 Å². The molecule has 1 aliphatic carbocycles. The van der Waals surface area contributed by atoms with Crippen molar-refractivity contribution in [2.75, 3.05) is 0 Å². The van der Waals surface area contributed by atoms with Gasteiger partial charge < -0.3 is 10.4 Å². The second kappa shape index (κ2) is 3.01. The molecule has 1 rings (SSSR count). The van der Waals surface area contributed by atoms with E-state index in [9.17, 15) is 4.79 Å². The molecule has 58 valence electrons. The maximum absolute atomic E-state index is 10.8. The molecule has 1 aliphatic rings. The zero-order valence-electron chi connectivity index (χ0n) is 6.13. The lowest BCUT2D eigenvalue weighted by molar-refractivity contribution is -0.122. The van der Waals surface area contributed by atoms with Crippen LogP contribution in [0.1, 0.15) is 26.2 Å². The highest BCUT2D eigenvalue weighted by Crippen LogP contribution is 2.18. The summed E-state index contributed by atoms with van der Waals surface area (Å²) in [6, 6.07) is 0.409. The molecule has 0 aromatic heterocycles. The molecule has 0 bridgehead atoms. The van der Waals surface area contributed by atoms with E-state index in [4.69, 9.17) is 5.11 Å². The number of rotatable bonds is 3. The second-order valence-electron chi connectivity index (χ2n) is 2.89. The molecule has 1 unspecified atom stereocenters. The Morgan fingerprint density at radius 3 is 2.80 bits per heavy atom. The van der Waals surface area contributed by atoms with Crippen LogP contribution in [0.15, 0.2) is 0 Å². The highest BCUT2D eigenvalue weighted by molar-refractivity contribution is 5.76. The van der Waals surface area contributed by atoms with Gasteiger partial charge in [-0.05, 0) is 19.8 Å². The number of aliphatic hydroxyl groups excluding tert-OH is 1. The first-order valence-electron chi connectivity index (χ1n) is 3.66. The first-order valence-corrected chi connectivity index (χ1v) is 3.66. The van der Waals surface area contributed by atoms with Gasteiger partial charge in [0.2, 0.25) is 5.91 Å². The summed E-state index contributed by atoms with van der Waals surface area (Å²) in [6.07, 6.45) is 1.92. The van der Waals surface area contributed by atoms with E-state index in [2.05, 4.69) is 5.32 Å². The Hall–Kier alpha value is -0.570. The van der Waals surface area contributed by atoms with Gasteiger partial charge in [-0.2, -0.15) is 0 Å². The summed E-state index contributed by atoms with van der Waals surface area (Å²) in [5, 5.41) is 11.6. The fourth-order valence-electron chi connectivity index (χ4n) is 0.783. The molecule has 1 saturated carbocycles. The van der Waals surface area contributed by atoms with E-state index in [0.717, 1.165) is 12.8 Å². The van der Waals surface area contributed by atoms with Crippen molar-refractivity contribution in [3.63, 3.8) is 0 Å². The number of hydrogen-bond acceptors (Lipinski definition) is 2. The lowest BCUT2D eigenvalue weighted by atomic mass is 10.3. The number of amides is 1. The maximum Gasteiger partial charge on any atom is 0.222 e. The molecule has 0 spiro atoms. The minimum absolute atomic E-state index is 0.0301. The molecule has 0 aromatic carbocycles.